The number of nitrogens with zero attached hydrogens (tertiary/aromatic N) is 3. The van der Waals surface area contributed by atoms with Gasteiger partial charge in [0.2, 0.25) is 11.8 Å². The Hall–Kier alpha value is -4.17. The second-order valence-corrected chi connectivity index (χ2v) is 14.3. The summed E-state index contributed by atoms with van der Waals surface area (Å²) in [5.74, 6) is -2.32. The van der Waals surface area contributed by atoms with Crippen molar-refractivity contribution < 1.29 is 19.2 Å². The first-order chi connectivity index (χ1) is 21.4. The number of benzene rings is 3. The number of hydrogen-bond acceptors (Lipinski definition) is 5. The summed E-state index contributed by atoms with van der Waals surface area (Å²) in [7, 11) is 0. The van der Waals surface area contributed by atoms with Gasteiger partial charge in [-0.1, -0.05) is 76.6 Å². The fourth-order valence-electron chi connectivity index (χ4n) is 10.1. The number of amides is 4. The zero-order valence-electron chi connectivity index (χ0n) is 23.4. The molecule has 2 saturated heterocycles. The van der Waals surface area contributed by atoms with Crippen LogP contribution in [0.25, 0.3) is 0 Å². The molecule has 7 aliphatic carbocycles. The van der Waals surface area contributed by atoms with Crippen molar-refractivity contribution in [2.45, 2.75) is 17.8 Å². The van der Waals surface area contributed by atoms with Gasteiger partial charge in [-0.3, -0.25) is 19.2 Å². The third-order valence-electron chi connectivity index (χ3n) is 11.8. The first-order valence-electron chi connectivity index (χ1n) is 15.4. The van der Waals surface area contributed by atoms with E-state index >= 15 is 0 Å². The molecule has 44 heavy (non-hydrogen) atoms. The van der Waals surface area contributed by atoms with Crippen LogP contribution in [0.1, 0.15) is 34.6 Å². The topological polar surface area (TPSA) is 87.1 Å². The van der Waals surface area contributed by atoms with E-state index in [-0.39, 0.29) is 53.2 Å². The molecule has 8 heteroatoms. The van der Waals surface area contributed by atoms with Crippen LogP contribution >= 0.6 is 15.9 Å². The van der Waals surface area contributed by atoms with Crippen molar-refractivity contribution >= 4 is 51.5 Å². The maximum absolute atomic E-state index is 14.6. The number of anilines is 1. The van der Waals surface area contributed by atoms with E-state index in [1.807, 2.05) is 60.7 Å². The molecule has 3 aromatic carbocycles. The quantitative estimate of drug-likeness (QED) is 0.227. The van der Waals surface area contributed by atoms with Gasteiger partial charge < -0.3 is 0 Å². The molecule has 4 bridgehead atoms. The third-order valence-corrected chi connectivity index (χ3v) is 12.3. The number of carbonyl (C=O) groups excluding carboxylic acids is 4. The van der Waals surface area contributed by atoms with Crippen molar-refractivity contribution in [3.63, 3.8) is 0 Å². The minimum Gasteiger partial charge on any atom is -0.274 e. The molecular formula is C36H26BrN3O4. The van der Waals surface area contributed by atoms with Gasteiger partial charge in [-0.2, -0.15) is 10.1 Å². The fraction of sp³-hybridized carbons (Fsp3) is 0.306. The van der Waals surface area contributed by atoms with Crippen molar-refractivity contribution in [2.24, 2.45) is 52.4 Å². The molecule has 0 unspecified atom stereocenters. The van der Waals surface area contributed by atoms with Crippen molar-refractivity contribution in [3.05, 3.63) is 112 Å². The maximum Gasteiger partial charge on any atom is 0.254 e. The van der Waals surface area contributed by atoms with Gasteiger partial charge in [-0.05, 0) is 76.6 Å². The van der Waals surface area contributed by atoms with Crippen LogP contribution in [-0.4, -0.2) is 34.9 Å². The monoisotopic (exact) mass is 643 g/mol. The molecule has 3 aromatic rings. The van der Waals surface area contributed by atoms with E-state index in [1.54, 1.807) is 18.3 Å². The van der Waals surface area contributed by atoms with Crippen LogP contribution in [0.2, 0.25) is 0 Å². The van der Waals surface area contributed by atoms with Crippen molar-refractivity contribution in [1.82, 2.24) is 5.01 Å². The zero-order chi connectivity index (χ0) is 29.6. The lowest BCUT2D eigenvalue weighted by atomic mass is 9.47. The Morgan fingerprint density at radius 3 is 1.86 bits per heavy atom. The second-order valence-electron chi connectivity index (χ2n) is 13.4. The summed E-state index contributed by atoms with van der Waals surface area (Å²) >= 11 is 3.45. The molecule has 8 atom stereocenters. The van der Waals surface area contributed by atoms with Crippen LogP contribution < -0.4 is 4.90 Å². The summed E-state index contributed by atoms with van der Waals surface area (Å²) in [5.41, 5.74) is 3.13. The molecule has 12 rings (SSSR count). The van der Waals surface area contributed by atoms with Crippen LogP contribution in [0.15, 0.2) is 94.5 Å². The van der Waals surface area contributed by atoms with Crippen molar-refractivity contribution in [3.8, 4) is 0 Å². The smallest absolute Gasteiger partial charge is 0.254 e. The summed E-state index contributed by atoms with van der Waals surface area (Å²) in [4.78, 5) is 58.1. The zero-order valence-corrected chi connectivity index (χ0v) is 25.0. The maximum atomic E-state index is 14.6. The molecule has 216 valence electrons. The van der Waals surface area contributed by atoms with Gasteiger partial charge in [0, 0.05) is 16.6 Å². The Labute approximate surface area is 261 Å². The molecule has 2 aliphatic heterocycles. The van der Waals surface area contributed by atoms with E-state index < -0.39 is 17.3 Å². The average Bonchev–Trinajstić information content (AvgIpc) is 3.78. The van der Waals surface area contributed by atoms with Crippen LogP contribution in [0, 0.1) is 47.3 Å². The number of allylic oxidation sites excluding steroid dienone is 2. The number of imide groups is 2. The van der Waals surface area contributed by atoms with Crippen LogP contribution in [0.3, 0.4) is 0 Å². The first-order valence-corrected chi connectivity index (χ1v) is 16.1. The highest BCUT2D eigenvalue weighted by Gasteiger charge is 2.69. The highest BCUT2D eigenvalue weighted by atomic mass is 79.9. The summed E-state index contributed by atoms with van der Waals surface area (Å²) < 4.78 is 0.850. The first kappa shape index (κ1) is 25.2. The molecule has 0 radical (unpaired) electrons. The normalized spacial score (nSPS) is 38.2. The minimum atomic E-state index is -1.14. The van der Waals surface area contributed by atoms with Crippen molar-refractivity contribution in [2.75, 3.05) is 4.90 Å². The second kappa shape index (κ2) is 8.30. The Morgan fingerprint density at radius 2 is 1.27 bits per heavy atom. The van der Waals surface area contributed by atoms with E-state index in [0.717, 1.165) is 38.2 Å². The van der Waals surface area contributed by atoms with E-state index in [4.69, 9.17) is 5.10 Å². The molecule has 0 N–H and O–H groups in total. The molecule has 7 nitrogen and oxygen atoms in total. The number of carbonyl (C=O) groups is 4. The van der Waals surface area contributed by atoms with E-state index in [1.165, 1.54) is 4.90 Å². The van der Waals surface area contributed by atoms with Gasteiger partial charge in [0.25, 0.3) is 11.8 Å². The number of rotatable bonds is 3. The standard InChI is InChI=1S/C36H26BrN3O4/c37-17-9-11-18(12-10-17)39-32(41)30-27-21-5-1-3-7-25(21)36(31(30)35(39)44,26-8-4-2-6-22(26)27)16-38-40-33(42)28-19-13-14-20(24-15-23(19)24)29(28)34(40)43/h1-14,16,19-20,23-24,27-31H,15H2/b38-16-/t19-,20-,23-,24+,27?,28-,29+,30-,31-,36?/m0/s1. The van der Waals surface area contributed by atoms with Gasteiger partial charge in [0.1, 0.15) is 0 Å². The lowest BCUT2D eigenvalue weighted by molar-refractivity contribution is -0.140. The molecule has 4 amide bonds. The average molecular weight is 645 g/mol. The van der Waals surface area contributed by atoms with Gasteiger partial charge in [0.05, 0.1) is 34.8 Å². The van der Waals surface area contributed by atoms with Crippen LogP contribution in [0.4, 0.5) is 5.69 Å². The van der Waals surface area contributed by atoms with E-state index in [9.17, 15) is 19.2 Å². The Morgan fingerprint density at radius 1 is 0.705 bits per heavy atom. The highest BCUT2D eigenvalue weighted by Crippen LogP contribution is 2.66. The van der Waals surface area contributed by atoms with Crippen LogP contribution in [0.5, 0.6) is 0 Å². The van der Waals surface area contributed by atoms with Gasteiger partial charge >= 0.3 is 0 Å². The fourth-order valence-corrected chi connectivity index (χ4v) is 10.4. The van der Waals surface area contributed by atoms with Crippen LogP contribution in [-0.2, 0) is 24.6 Å². The largest absolute Gasteiger partial charge is 0.274 e. The van der Waals surface area contributed by atoms with Crippen molar-refractivity contribution in [1.29, 1.82) is 0 Å². The van der Waals surface area contributed by atoms with Gasteiger partial charge in [-0.25, -0.2) is 4.90 Å². The lowest BCUT2D eigenvalue weighted by Gasteiger charge is -2.52. The SMILES string of the molecule is O=C1[C@@H]2[C@H]3C=C[C@@H]([C@@H]4C[C@H]34)[C@@H]2C(=O)N1/N=C\C12c3ccccc3C(c3ccccc31)[C@@H]1C(=O)N(c3ccc(Br)cc3)C(=O)[C@H]12. The Bertz CT molecular complexity index is 1850. The lowest BCUT2D eigenvalue weighted by Crippen LogP contribution is -2.55. The summed E-state index contributed by atoms with van der Waals surface area (Å²) in [6, 6.07) is 23.1. The number of hydrazone groups is 1. The predicted octanol–water partition coefficient (Wildman–Crippen LogP) is 5.04. The third kappa shape index (κ3) is 2.82. The number of hydrogen-bond donors (Lipinski definition) is 0. The molecule has 9 aliphatic rings. The summed E-state index contributed by atoms with van der Waals surface area (Å²) in [6.07, 6.45) is 7.05. The van der Waals surface area contributed by atoms with E-state index in [0.29, 0.717) is 17.5 Å². The number of halogens is 1. The summed E-state index contributed by atoms with van der Waals surface area (Å²) in [6.45, 7) is 0. The Balaban J connectivity index is 1.15. The molecule has 0 spiro atoms. The predicted molar refractivity (Wildman–Crippen MR) is 164 cm³/mol. The highest BCUT2D eigenvalue weighted by molar-refractivity contribution is 9.10. The molecule has 0 aromatic heterocycles. The Kier molecular flexibility index (Phi) is 4.75. The van der Waals surface area contributed by atoms with E-state index in [2.05, 4.69) is 28.1 Å². The minimum absolute atomic E-state index is 0.0919. The van der Waals surface area contributed by atoms with Gasteiger partial charge in [0.15, 0.2) is 0 Å². The molecular weight excluding hydrogens is 618 g/mol. The molecule has 2 saturated carbocycles. The molecule has 4 fully saturated rings. The molecule has 2 heterocycles. The summed E-state index contributed by atoms with van der Waals surface area (Å²) in [5, 5.41) is 5.85. The van der Waals surface area contributed by atoms with Gasteiger partial charge in [-0.15, -0.1) is 0 Å².